The number of piperidine rings is 1. The van der Waals surface area contributed by atoms with Crippen LogP contribution in [-0.2, 0) is 0 Å². The van der Waals surface area contributed by atoms with Crippen LogP contribution in [0.4, 0.5) is 4.39 Å². The van der Waals surface area contributed by atoms with Crippen molar-refractivity contribution in [2.45, 2.75) is 30.8 Å². The Bertz CT molecular complexity index is 1120. The first kappa shape index (κ1) is 19.4. The van der Waals surface area contributed by atoms with Crippen LogP contribution >= 0.6 is 0 Å². The summed E-state index contributed by atoms with van der Waals surface area (Å²) in [6.07, 6.45) is 5.56. The van der Waals surface area contributed by atoms with Gasteiger partial charge in [-0.25, -0.2) is 14.4 Å². The number of nitrogens with zero attached hydrogens (tertiary/aromatic N) is 4. The van der Waals surface area contributed by atoms with E-state index in [4.69, 9.17) is 9.47 Å². The lowest BCUT2D eigenvalue weighted by Gasteiger charge is -2.32. The van der Waals surface area contributed by atoms with Gasteiger partial charge in [0, 0.05) is 30.3 Å². The van der Waals surface area contributed by atoms with Gasteiger partial charge in [0.25, 0.3) is 0 Å². The minimum Gasteiger partial charge on any atom is -0.507 e. The van der Waals surface area contributed by atoms with E-state index >= 15 is 0 Å². The molecule has 4 atom stereocenters. The van der Waals surface area contributed by atoms with Crippen LogP contribution in [0.25, 0.3) is 22.4 Å². The quantitative estimate of drug-likeness (QED) is 0.607. The molecule has 2 bridgehead atoms. The summed E-state index contributed by atoms with van der Waals surface area (Å²) in [7, 11) is 1.55. The normalized spacial score (nSPS) is 24.2. The minimum atomic E-state index is -1.18. The minimum absolute atomic E-state index is 0.0118. The van der Waals surface area contributed by atoms with E-state index in [1.807, 2.05) is 24.3 Å². The number of halogens is 1. The van der Waals surface area contributed by atoms with Crippen LogP contribution in [0, 0.1) is 0 Å². The average Bonchev–Trinajstić information content (AvgIpc) is 3.21. The molecule has 4 heterocycles. The van der Waals surface area contributed by atoms with Gasteiger partial charge in [0.05, 0.1) is 19.3 Å². The number of hydrogen-bond acceptors (Lipinski definition) is 8. The number of benzene rings is 1. The largest absolute Gasteiger partial charge is 0.507 e. The number of rotatable bonds is 5. The van der Waals surface area contributed by atoms with Crippen LogP contribution in [-0.4, -0.2) is 56.7 Å². The zero-order valence-corrected chi connectivity index (χ0v) is 16.6. The van der Waals surface area contributed by atoms with E-state index < -0.39 is 12.3 Å². The summed E-state index contributed by atoms with van der Waals surface area (Å²) in [6.45, 7) is 0. The molecule has 0 amide bonds. The third-order valence-corrected chi connectivity index (χ3v) is 5.49. The lowest BCUT2D eigenvalue weighted by Crippen LogP contribution is -2.52. The predicted molar refractivity (Wildman–Crippen MR) is 110 cm³/mol. The number of phenolic OH excluding ortho intramolecular Hbond substituents is 1. The molecule has 1 aromatic carbocycles. The summed E-state index contributed by atoms with van der Waals surface area (Å²) in [5.74, 6) is 0.516. The second-order valence-electron chi connectivity index (χ2n) is 7.47. The van der Waals surface area contributed by atoms with Gasteiger partial charge >= 0.3 is 6.01 Å². The molecule has 2 aliphatic rings. The Balaban J connectivity index is 1.32. The third kappa shape index (κ3) is 3.79. The van der Waals surface area contributed by atoms with E-state index in [0.717, 1.165) is 11.1 Å². The van der Waals surface area contributed by atoms with Gasteiger partial charge in [0.15, 0.2) is 6.17 Å². The second kappa shape index (κ2) is 7.92. The highest BCUT2D eigenvalue weighted by Gasteiger charge is 2.40. The molecule has 8 nitrogen and oxygen atoms in total. The van der Waals surface area contributed by atoms with Crippen molar-refractivity contribution in [2.24, 2.45) is 0 Å². The van der Waals surface area contributed by atoms with Crippen molar-refractivity contribution >= 4 is 0 Å². The zero-order chi connectivity index (χ0) is 21.4. The smallest absolute Gasteiger partial charge is 0.336 e. The Morgan fingerprint density at radius 2 is 1.97 bits per heavy atom. The fourth-order valence-corrected chi connectivity index (χ4v) is 3.89. The fraction of sp³-hybridized carbons (Fsp3) is 0.273. The Hall–Kier alpha value is -3.59. The maximum Gasteiger partial charge on any atom is 0.336 e. The summed E-state index contributed by atoms with van der Waals surface area (Å²) in [5.41, 5.74) is 2.51. The Morgan fingerprint density at radius 1 is 1.10 bits per heavy atom. The SMILES string of the molecule is COc1cc(-c2ccc(-c3cnc(O[C@@H]4C[C@H]5C=C[C@H](N5)[C@@H]4F)nn3)c(O)c2)ccn1. The summed E-state index contributed by atoms with van der Waals surface area (Å²) < 4.78 is 25.3. The first-order valence-corrected chi connectivity index (χ1v) is 9.89. The number of fused-ring (bicyclic) bond motifs is 2. The highest BCUT2D eigenvalue weighted by Crippen LogP contribution is 2.33. The van der Waals surface area contributed by atoms with Crippen molar-refractivity contribution in [3.8, 4) is 40.0 Å². The second-order valence-corrected chi connectivity index (χ2v) is 7.47. The van der Waals surface area contributed by atoms with E-state index in [0.29, 0.717) is 23.6 Å². The highest BCUT2D eigenvalue weighted by atomic mass is 19.1. The highest BCUT2D eigenvalue weighted by molar-refractivity contribution is 5.74. The Labute approximate surface area is 177 Å². The van der Waals surface area contributed by atoms with Gasteiger partial charge in [0.1, 0.15) is 17.5 Å². The van der Waals surface area contributed by atoms with Crippen LogP contribution in [0.1, 0.15) is 6.42 Å². The van der Waals surface area contributed by atoms with E-state index in [1.165, 1.54) is 6.20 Å². The molecule has 9 heteroatoms. The van der Waals surface area contributed by atoms with Gasteiger partial charge in [-0.05, 0) is 29.3 Å². The lowest BCUT2D eigenvalue weighted by atomic mass is 9.99. The van der Waals surface area contributed by atoms with Gasteiger partial charge in [-0.1, -0.05) is 23.3 Å². The van der Waals surface area contributed by atoms with Gasteiger partial charge in [-0.2, -0.15) is 0 Å². The maximum absolute atomic E-state index is 14.5. The average molecular weight is 421 g/mol. The molecule has 2 aliphatic heterocycles. The van der Waals surface area contributed by atoms with Crippen LogP contribution in [0.15, 0.2) is 54.9 Å². The van der Waals surface area contributed by atoms with Crippen LogP contribution < -0.4 is 14.8 Å². The van der Waals surface area contributed by atoms with E-state index in [2.05, 4.69) is 25.5 Å². The molecule has 0 saturated carbocycles. The molecule has 1 saturated heterocycles. The number of ether oxygens (including phenoxy) is 2. The summed E-state index contributed by atoms with van der Waals surface area (Å²) in [5, 5.41) is 21.8. The maximum atomic E-state index is 14.5. The molecule has 0 spiro atoms. The summed E-state index contributed by atoms with van der Waals surface area (Å²) in [6, 6.07) is 8.59. The molecule has 3 aromatic rings. The van der Waals surface area contributed by atoms with Crippen LogP contribution in [0.2, 0.25) is 0 Å². The van der Waals surface area contributed by atoms with Crippen LogP contribution in [0.3, 0.4) is 0 Å². The number of hydrogen-bond donors (Lipinski definition) is 2. The van der Waals surface area contributed by atoms with Gasteiger partial charge in [-0.3, -0.25) is 0 Å². The molecule has 31 heavy (non-hydrogen) atoms. The number of phenols is 1. The lowest BCUT2D eigenvalue weighted by molar-refractivity contribution is 0.0438. The Kier molecular flexibility index (Phi) is 4.95. The van der Waals surface area contributed by atoms with E-state index in [-0.39, 0.29) is 23.8 Å². The third-order valence-electron chi connectivity index (χ3n) is 5.49. The monoisotopic (exact) mass is 421 g/mol. The molecule has 158 valence electrons. The molecular weight excluding hydrogens is 401 g/mol. The van der Waals surface area contributed by atoms with E-state index in [1.54, 1.807) is 31.5 Å². The van der Waals surface area contributed by atoms with Gasteiger partial charge in [0.2, 0.25) is 5.88 Å². The van der Waals surface area contributed by atoms with Crippen molar-refractivity contribution in [1.29, 1.82) is 0 Å². The molecule has 5 rings (SSSR count). The zero-order valence-electron chi connectivity index (χ0n) is 16.6. The number of pyridine rings is 1. The number of aromatic hydroxyl groups is 1. The first-order valence-electron chi connectivity index (χ1n) is 9.89. The van der Waals surface area contributed by atoms with Crippen molar-refractivity contribution in [2.75, 3.05) is 7.11 Å². The summed E-state index contributed by atoms with van der Waals surface area (Å²) in [4.78, 5) is 8.24. The van der Waals surface area contributed by atoms with Crippen molar-refractivity contribution < 1.29 is 19.0 Å². The number of alkyl halides is 1. The predicted octanol–water partition coefficient (Wildman–Crippen LogP) is 2.70. The molecule has 0 aliphatic carbocycles. The van der Waals surface area contributed by atoms with Crippen molar-refractivity contribution in [1.82, 2.24) is 25.5 Å². The van der Waals surface area contributed by atoms with E-state index in [9.17, 15) is 9.50 Å². The first-order chi connectivity index (χ1) is 15.1. The molecule has 0 radical (unpaired) electrons. The summed E-state index contributed by atoms with van der Waals surface area (Å²) >= 11 is 0. The van der Waals surface area contributed by atoms with Gasteiger partial charge in [-0.15, -0.1) is 5.10 Å². The fourth-order valence-electron chi connectivity index (χ4n) is 3.89. The standard InChI is InChI=1S/C22H20FN5O3/c1-30-20-9-13(6-7-24-20)12-2-4-15(18(29)8-12)17-11-25-22(28-27-17)31-19-10-14-3-5-16(26-14)21(19)23/h2-9,11,14,16,19,21,26,29H,10H2,1H3/t14-,16+,19-,21+/m1/s1. The number of nitrogens with one attached hydrogen (secondary N) is 1. The van der Waals surface area contributed by atoms with Crippen LogP contribution in [0.5, 0.6) is 17.6 Å². The molecular formula is C22H20FN5O3. The van der Waals surface area contributed by atoms with Gasteiger partial charge < -0.3 is 19.9 Å². The van der Waals surface area contributed by atoms with Crippen molar-refractivity contribution in [3.63, 3.8) is 0 Å². The van der Waals surface area contributed by atoms with Crippen molar-refractivity contribution in [3.05, 3.63) is 54.9 Å². The molecule has 2 N–H and O–H groups in total. The number of aromatic nitrogens is 4. The molecule has 2 aromatic heterocycles. The topological polar surface area (TPSA) is 102 Å². The number of methoxy groups -OCH3 is 1. The Morgan fingerprint density at radius 3 is 2.74 bits per heavy atom. The molecule has 0 unspecified atom stereocenters. The molecule has 1 fully saturated rings.